The average Bonchev–Trinajstić information content (AvgIpc) is 3.07. The minimum atomic E-state index is -0.358. The number of pyridine rings is 1. The quantitative estimate of drug-likeness (QED) is 0.870. The number of nitrogens with zero attached hydrogens (tertiary/aromatic N) is 2. The Bertz CT molecular complexity index is 763. The largest absolute Gasteiger partial charge is 0.481 e. The molecule has 0 spiro atoms. The highest BCUT2D eigenvalue weighted by atomic mass is 16.6. The van der Waals surface area contributed by atoms with E-state index < -0.39 is 0 Å². The highest BCUT2D eigenvalue weighted by molar-refractivity contribution is 5.91. The maximum atomic E-state index is 12.0. The Hall–Kier alpha value is -3.29. The topological polar surface area (TPSA) is 92.8 Å². The molecule has 8 heteroatoms. The van der Waals surface area contributed by atoms with Crippen LogP contribution in [0, 0.1) is 0 Å². The number of ether oxygens (including phenoxy) is 2. The molecule has 2 heterocycles. The van der Waals surface area contributed by atoms with Crippen LogP contribution in [0.3, 0.4) is 0 Å². The molecule has 0 radical (unpaired) electrons. The number of anilines is 2. The first-order chi connectivity index (χ1) is 12.2. The van der Waals surface area contributed by atoms with E-state index in [1.165, 1.54) is 7.11 Å². The lowest BCUT2D eigenvalue weighted by Crippen LogP contribution is -2.28. The van der Waals surface area contributed by atoms with Crippen LogP contribution in [0.25, 0.3) is 0 Å². The van der Waals surface area contributed by atoms with E-state index in [-0.39, 0.29) is 12.1 Å². The van der Waals surface area contributed by atoms with E-state index in [2.05, 4.69) is 15.6 Å². The third-order valence-electron chi connectivity index (χ3n) is 3.68. The summed E-state index contributed by atoms with van der Waals surface area (Å²) in [6.07, 6.45) is 1.27. The number of urea groups is 1. The molecule has 25 heavy (non-hydrogen) atoms. The van der Waals surface area contributed by atoms with Crippen molar-refractivity contribution in [2.24, 2.45) is 0 Å². The molecule has 1 aliphatic heterocycles. The van der Waals surface area contributed by atoms with Gasteiger partial charge in [-0.2, -0.15) is 0 Å². The average molecular weight is 342 g/mol. The van der Waals surface area contributed by atoms with E-state index in [9.17, 15) is 9.59 Å². The fourth-order valence-corrected chi connectivity index (χ4v) is 2.45. The van der Waals surface area contributed by atoms with Crippen molar-refractivity contribution in [1.82, 2.24) is 10.3 Å². The van der Waals surface area contributed by atoms with Crippen LogP contribution in [0.5, 0.6) is 5.88 Å². The predicted octanol–water partition coefficient (Wildman–Crippen LogP) is 2.37. The summed E-state index contributed by atoms with van der Waals surface area (Å²) in [6.45, 7) is 1.21. The van der Waals surface area contributed by atoms with Crippen molar-refractivity contribution in [3.8, 4) is 5.88 Å². The number of hydrogen-bond acceptors (Lipinski definition) is 5. The number of benzene rings is 1. The van der Waals surface area contributed by atoms with Crippen LogP contribution < -0.4 is 20.3 Å². The number of nitrogens with one attached hydrogen (secondary N) is 2. The summed E-state index contributed by atoms with van der Waals surface area (Å²) in [5, 5.41) is 5.48. The van der Waals surface area contributed by atoms with Gasteiger partial charge in [0, 0.05) is 29.7 Å². The highest BCUT2D eigenvalue weighted by Crippen LogP contribution is 2.21. The number of rotatable bonds is 5. The number of cyclic esters (lactones) is 1. The van der Waals surface area contributed by atoms with Gasteiger partial charge in [0.05, 0.1) is 13.7 Å². The lowest BCUT2D eigenvalue weighted by atomic mass is 10.2. The molecule has 1 fully saturated rings. The van der Waals surface area contributed by atoms with Crippen LogP contribution >= 0.6 is 0 Å². The van der Waals surface area contributed by atoms with Gasteiger partial charge in [0.1, 0.15) is 6.61 Å². The summed E-state index contributed by atoms with van der Waals surface area (Å²) >= 11 is 0. The van der Waals surface area contributed by atoms with Crippen molar-refractivity contribution in [3.63, 3.8) is 0 Å². The second-order valence-electron chi connectivity index (χ2n) is 5.29. The molecule has 0 saturated carbocycles. The number of methoxy groups -OCH3 is 1. The van der Waals surface area contributed by atoms with Gasteiger partial charge in [0.2, 0.25) is 5.88 Å². The zero-order valence-electron chi connectivity index (χ0n) is 13.7. The normalized spacial score (nSPS) is 13.3. The zero-order valence-corrected chi connectivity index (χ0v) is 13.7. The van der Waals surface area contributed by atoms with Crippen molar-refractivity contribution in [2.75, 3.05) is 30.5 Å². The van der Waals surface area contributed by atoms with Gasteiger partial charge in [-0.05, 0) is 30.3 Å². The summed E-state index contributed by atoms with van der Waals surface area (Å²) in [5.41, 5.74) is 2.13. The summed E-state index contributed by atoms with van der Waals surface area (Å²) in [6, 6.07) is 10.2. The molecule has 1 aromatic heterocycles. The maximum Gasteiger partial charge on any atom is 0.414 e. The van der Waals surface area contributed by atoms with Gasteiger partial charge in [-0.25, -0.2) is 14.6 Å². The van der Waals surface area contributed by atoms with Gasteiger partial charge in [0.25, 0.3) is 0 Å². The van der Waals surface area contributed by atoms with Crippen LogP contribution in [-0.2, 0) is 11.3 Å². The third kappa shape index (κ3) is 3.97. The van der Waals surface area contributed by atoms with E-state index >= 15 is 0 Å². The van der Waals surface area contributed by atoms with Gasteiger partial charge in [-0.3, -0.25) is 4.90 Å². The third-order valence-corrected chi connectivity index (χ3v) is 3.68. The van der Waals surface area contributed by atoms with Crippen LogP contribution in [0.4, 0.5) is 21.0 Å². The fraction of sp³-hybridized carbons (Fsp3) is 0.235. The second-order valence-corrected chi connectivity index (χ2v) is 5.29. The van der Waals surface area contributed by atoms with E-state index in [4.69, 9.17) is 9.47 Å². The fourth-order valence-electron chi connectivity index (χ4n) is 2.45. The van der Waals surface area contributed by atoms with Crippen LogP contribution in [0.2, 0.25) is 0 Å². The summed E-state index contributed by atoms with van der Waals surface area (Å²) in [5.74, 6) is 0.477. The molecule has 1 aliphatic rings. The van der Waals surface area contributed by atoms with E-state index in [1.54, 1.807) is 41.4 Å². The van der Waals surface area contributed by atoms with Gasteiger partial charge in [0.15, 0.2) is 0 Å². The van der Waals surface area contributed by atoms with E-state index in [0.717, 1.165) is 11.3 Å². The Morgan fingerprint density at radius 3 is 2.80 bits per heavy atom. The van der Waals surface area contributed by atoms with Gasteiger partial charge < -0.3 is 20.1 Å². The number of aromatic nitrogens is 1. The molecule has 0 aliphatic carbocycles. The molecule has 2 N–H and O–H groups in total. The zero-order chi connectivity index (χ0) is 17.6. The van der Waals surface area contributed by atoms with Crippen molar-refractivity contribution < 1.29 is 19.1 Å². The van der Waals surface area contributed by atoms with E-state index in [0.29, 0.717) is 31.3 Å². The van der Waals surface area contributed by atoms with E-state index in [1.807, 2.05) is 6.07 Å². The SMILES string of the molecule is COc1ncccc1CNC(=O)Nc1ccc(N2CCOC2=O)cc1. The van der Waals surface area contributed by atoms with Crippen LogP contribution in [0.1, 0.15) is 5.56 Å². The Morgan fingerprint density at radius 1 is 1.32 bits per heavy atom. The second kappa shape index (κ2) is 7.52. The minimum absolute atomic E-state index is 0.292. The smallest absolute Gasteiger partial charge is 0.414 e. The van der Waals surface area contributed by atoms with Crippen LogP contribution in [0.15, 0.2) is 42.6 Å². The highest BCUT2D eigenvalue weighted by Gasteiger charge is 2.23. The molecule has 3 amide bonds. The first kappa shape index (κ1) is 16.6. The lowest BCUT2D eigenvalue weighted by molar-refractivity contribution is 0.181. The number of carbonyl (C=O) groups is 2. The van der Waals surface area contributed by atoms with Crippen molar-refractivity contribution >= 4 is 23.5 Å². The predicted molar refractivity (Wildman–Crippen MR) is 91.8 cm³/mol. The molecule has 0 atom stereocenters. The summed E-state index contributed by atoms with van der Waals surface area (Å²) < 4.78 is 10.0. The van der Waals surface area contributed by atoms with Crippen molar-refractivity contribution in [1.29, 1.82) is 0 Å². The molecular formula is C17H18N4O4. The number of amides is 3. The Morgan fingerprint density at radius 2 is 2.12 bits per heavy atom. The first-order valence-electron chi connectivity index (χ1n) is 7.74. The van der Waals surface area contributed by atoms with Gasteiger partial charge >= 0.3 is 12.1 Å². The van der Waals surface area contributed by atoms with Crippen molar-refractivity contribution in [2.45, 2.75) is 6.54 Å². The Labute approximate surface area is 144 Å². The first-order valence-corrected chi connectivity index (χ1v) is 7.74. The molecule has 130 valence electrons. The Balaban J connectivity index is 1.55. The molecule has 0 unspecified atom stereocenters. The standard InChI is InChI=1S/C17H18N4O4/c1-24-15-12(3-2-8-18-15)11-19-16(22)20-13-4-6-14(7-5-13)21-9-10-25-17(21)23/h2-8H,9-11H2,1H3,(H2,19,20,22). The molecule has 2 aromatic rings. The van der Waals surface area contributed by atoms with Crippen molar-refractivity contribution in [3.05, 3.63) is 48.2 Å². The van der Waals surface area contributed by atoms with Gasteiger partial charge in [-0.15, -0.1) is 0 Å². The molecule has 1 saturated heterocycles. The van der Waals surface area contributed by atoms with Gasteiger partial charge in [-0.1, -0.05) is 6.07 Å². The number of hydrogen-bond donors (Lipinski definition) is 2. The maximum absolute atomic E-state index is 12.0. The number of carbonyl (C=O) groups excluding carboxylic acids is 2. The molecule has 3 rings (SSSR count). The molecule has 8 nitrogen and oxygen atoms in total. The molecule has 1 aromatic carbocycles. The molecule has 0 bridgehead atoms. The summed E-state index contributed by atoms with van der Waals surface area (Å²) in [7, 11) is 1.53. The summed E-state index contributed by atoms with van der Waals surface area (Å²) in [4.78, 5) is 29.1. The lowest BCUT2D eigenvalue weighted by Gasteiger charge is -2.13. The van der Waals surface area contributed by atoms with Crippen LogP contribution in [-0.4, -0.2) is 37.4 Å². The minimum Gasteiger partial charge on any atom is -0.481 e. The molecular weight excluding hydrogens is 324 g/mol. The monoisotopic (exact) mass is 342 g/mol. The Kier molecular flexibility index (Phi) is 4.98.